The van der Waals surface area contributed by atoms with Crippen molar-refractivity contribution in [2.45, 2.75) is 25.8 Å². The number of hydrogen-bond donors (Lipinski definition) is 1. The average molecular weight is 235 g/mol. The molecule has 0 unspecified atom stereocenters. The second kappa shape index (κ2) is 3.84. The van der Waals surface area contributed by atoms with E-state index in [1.807, 2.05) is 11.8 Å². The number of amides is 1. The summed E-state index contributed by atoms with van der Waals surface area (Å²) < 4.78 is 5.01. The first-order valence-electron chi connectivity index (χ1n) is 6.13. The standard InChI is InChI=1S/C12H17N3O2/c1-7-4-11(17-14-7)12(16)15-5-8-2-3-10(13)9(8)6-15/h4,8-10H,2-3,5-6,13H2,1H3/t8-,9-,10+/m0/s1. The van der Waals surface area contributed by atoms with E-state index in [4.69, 9.17) is 10.3 Å². The number of nitrogens with zero attached hydrogens (tertiary/aromatic N) is 2. The molecule has 92 valence electrons. The zero-order valence-electron chi connectivity index (χ0n) is 9.93. The fourth-order valence-electron chi connectivity index (χ4n) is 3.09. The van der Waals surface area contributed by atoms with Crippen LogP contribution in [0.15, 0.2) is 10.6 Å². The Morgan fingerprint density at radius 1 is 1.53 bits per heavy atom. The summed E-state index contributed by atoms with van der Waals surface area (Å²) in [7, 11) is 0. The maximum absolute atomic E-state index is 12.1. The molecule has 5 heteroatoms. The minimum Gasteiger partial charge on any atom is -0.351 e. The van der Waals surface area contributed by atoms with E-state index in [1.165, 1.54) is 0 Å². The van der Waals surface area contributed by atoms with Gasteiger partial charge >= 0.3 is 0 Å². The van der Waals surface area contributed by atoms with Gasteiger partial charge in [-0.2, -0.15) is 0 Å². The summed E-state index contributed by atoms with van der Waals surface area (Å²) in [6.07, 6.45) is 2.24. The van der Waals surface area contributed by atoms with Gasteiger partial charge in [-0.3, -0.25) is 4.79 Å². The maximum Gasteiger partial charge on any atom is 0.292 e. The van der Waals surface area contributed by atoms with E-state index in [1.54, 1.807) is 6.07 Å². The number of aryl methyl sites for hydroxylation is 1. The highest BCUT2D eigenvalue weighted by molar-refractivity contribution is 5.91. The molecule has 0 radical (unpaired) electrons. The number of hydrogen-bond acceptors (Lipinski definition) is 4. The molecule has 3 atom stereocenters. The average Bonchev–Trinajstić information content (AvgIpc) is 2.96. The van der Waals surface area contributed by atoms with Gasteiger partial charge in [-0.1, -0.05) is 5.16 Å². The second-order valence-corrected chi connectivity index (χ2v) is 5.21. The summed E-state index contributed by atoms with van der Waals surface area (Å²) in [6.45, 7) is 3.40. The van der Waals surface area contributed by atoms with Gasteiger partial charge in [0.15, 0.2) is 0 Å². The van der Waals surface area contributed by atoms with Crippen LogP contribution in [0.25, 0.3) is 0 Å². The lowest BCUT2D eigenvalue weighted by Gasteiger charge is -2.16. The molecule has 1 aliphatic heterocycles. The third kappa shape index (κ3) is 1.74. The monoisotopic (exact) mass is 235 g/mol. The van der Waals surface area contributed by atoms with Crippen LogP contribution in [0.4, 0.5) is 0 Å². The van der Waals surface area contributed by atoms with Crippen LogP contribution >= 0.6 is 0 Å². The van der Waals surface area contributed by atoms with E-state index in [2.05, 4.69) is 5.16 Å². The molecule has 2 fully saturated rings. The minimum absolute atomic E-state index is 0.0489. The fourth-order valence-corrected chi connectivity index (χ4v) is 3.09. The Hall–Kier alpha value is -1.36. The van der Waals surface area contributed by atoms with E-state index >= 15 is 0 Å². The molecule has 17 heavy (non-hydrogen) atoms. The normalized spacial score (nSPS) is 31.9. The van der Waals surface area contributed by atoms with Crippen molar-refractivity contribution in [1.29, 1.82) is 0 Å². The van der Waals surface area contributed by atoms with Gasteiger partial charge in [-0.15, -0.1) is 0 Å². The fraction of sp³-hybridized carbons (Fsp3) is 0.667. The lowest BCUT2D eigenvalue weighted by Crippen LogP contribution is -2.33. The van der Waals surface area contributed by atoms with Crippen LogP contribution in [0.5, 0.6) is 0 Å². The highest BCUT2D eigenvalue weighted by atomic mass is 16.5. The van der Waals surface area contributed by atoms with Gasteiger partial charge in [-0.05, 0) is 31.6 Å². The van der Waals surface area contributed by atoms with Crippen LogP contribution in [0, 0.1) is 18.8 Å². The molecular weight excluding hydrogens is 218 g/mol. The molecule has 0 spiro atoms. The third-order valence-corrected chi connectivity index (χ3v) is 4.04. The quantitative estimate of drug-likeness (QED) is 0.781. The molecule has 1 aromatic rings. The zero-order valence-corrected chi connectivity index (χ0v) is 9.93. The van der Waals surface area contributed by atoms with Gasteiger partial charge < -0.3 is 15.2 Å². The topological polar surface area (TPSA) is 72.4 Å². The summed E-state index contributed by atoms with van der Waals surface area (Å²) in [5.41, 5.74) is 6.79. The Morgan fingerprint density at radius 2 is 2.35 bits per heavy atom. The Morgan fingerprint density at radius 3 is 3.00 bits per heavy atom. The SMILES string of the molecule is Cc1cc(C(=O)N2C[C@@H]3CC[C@@H](N)[C@H]3C2)on1. The lowest BCUT2D eigenvalue weighted by molar-refractivity contribution is 0.0738. The minimum atomic E-state index is -0.0489. The molecule has 3 rings (SSSR count). The number of fused-ring (bicyclic) bond motifs is 1. The Balaban J connectivity index is 1.73. The first-order chi connectivity index (χ1) is 8.15. The molecule has 2 aliphatic rings. The van der Waals surface area contributed by atoms with Crippen LogP contribution in [0.3, 0.4) is 0 Å². The number of rotatable bonds is 1. The van der Waals surface area contributed by atoms with E-state index in [0.29, 0.717) is 17.6 Å². The van der Waals surface area contributed by atoms with Gasteiger partial charge in [0, 0.05) is 25.2 Å². The molecule has 1 amide bonds. The van der Waals surface area contributed by atoms with Gasteiger partial charge in [0.05, 0.1) is 5.69 Å². The molecule has 0 aromatic carbocycles. The lowest BCUT2D eigenvalue weighted by atomic mass is 9.98. The smallest absolute Gasteiger partial charge is 0.292 e. The largest absolute Gasteiger partial charge is 0.351 e. The van der Waals surface area contributed by atoms with Crippen LogP contribution in [-0.4, -0.2) is 35.1 Å². The zero-order chi connectivity index (χ0) is 12.0. The van der Waals surface area contributed by atoms with Crippen molar-refractivity contribution in [2.75, 3.05) is 13.1 Å². The Labute approximate surface area is 99.9 Å². The number of carbonyl (C=O) groups excluding carboxylic acids is 1. The van der Waals surface area contributed by atoms with Crippen molar-refractivity contribution in [3.8, 4) is 0 Å². The van der Waals surface area contributed by atoms with Gasteiger partial charge in [0.1, 0.15) is 0 Å². The summed E-state index contributed by atoms with van der Waals surface area (Å²) in [5.74, 6) is 1.35. The van der Waals surface area contributed by atoms with E-state index < -0.39 is 0 Å². The number of likely N-dealkylation sites (tertiary alicyclic amines) is 1. The van der Waals surface area contributed by atoms with E-state index in [0.717, 1.165) is 31.6 Å². The van der Waals surface area contributed by atoms with Crippen molar-refractivity contribution in [1.82, 2.24) is 10.1 Å². The summed E-state index contributed by atoms with van der Waals surface area (Å²) in [6, 6.07) is 1.95. The Kier molecular flexibility index (Phi) is 2.43. The van der Waals surface area contributed by atoms with Crippen LogP contribution in [-0.2, 0) is 0 Å². The molecule has 1 aliphatic carbocycles. The van der Waals surface area contributed by atoms with Crippen LogP contribution in [0.1, 0.15) is 29.1 Å². The van der Waals surface area contributed by atoms with Crippen molar-refractivity contribution in [3.05, 3.63) is 17.5 Å². The van der Waals surface area contributed by atoms with Gasteiger partial charge in [0.2, 0.25) is 5.76 Å². The van der Waals surface area contributed by atoms with Crippen LogP contribution < -0.4 is 5.73 Å². The maximum atomic E-state index is 12.1. The first-order valence-corrected chi connectivity index (χ1v) is 6.13. The summed E-state index contributed by atoms with van der Waals surface area (Å²) in [5, 5.41) is 3.75. The van der Waals surface area contributed by atoms with Crippen molar-refractivity contribution < 1.29 is 9.32 Å². The van der Waals surface area contributed by atoms with E-state index in [9.17, 15) is 4.79 Å². The first kappa shape index (κ1) is 10.8. The molecule has 5 nitrogen and oxygen atoms in total. The number of carbonyl (C=O) groups is 1. The van der Waals surface area contributed by atoms with Gasteiger partial charge in [0.25, 0.3) is 5.91 Å². The van der Waals surface area contributed by atoms with Crippen molar-refractivity contribution in [2.24, 2.45) is 17.6 Å². The molecule has 2 N–H and O–H groups in total. The summed E-state index contributed by atoms with van der Waals surface area (Å²) >= 11 is 0. The number of nitrogens with two attached hydrogens (primary N) is 1. The molecular formula is C12H17N3O2. The highest BCUT2D eigenvalue weighted by Gasteiger charge is 2.43. The highest BCUT2D eigenvalue weighted by Crippen LogP contribution is 2.37. The number of aromatic nitrogens is 1. The van der Waals surface area contributed by atoms with Crippen molar-refractivity contribution >= 4 is 5.91 Å². The molecule has 2 heterocycles. The van der Waals surface area contributed by atoms with E-state index in [-0.39, 0.29) is 11.9 Å². The predicted molar refractivity (Wildman–Crippen MR) is 61.3 cm³/mol. The summed E-state index contributed by atoms with van der Waals surface area (Å²) in [4.78, 5) is 14.0. The third-order valence-electron chi connectivity index (χ3n) is 4.04. The molecule has 1 saturated heterocycles. The molecule has 0 bridgehead atoms. The Bertz CT molecular complexity index is 443. The molecule has 1 saturated carbocycles. The molecule has 1 aromatic heterocycles. The van der Waals surface area contributed by atoms with Crippen molar-refractivity contribution in [3.63, 3.8) is 0 Å². The van der Waals surface area contributed by atoms with Crippen LogP contribution in [0.2, 0.25) is 0 Å². The second-order valence-electron chi connectivity index (χ2n) is 5.21. The predicted octanol–water partition coefficient (Wildman–Crippen LogP) is 0.792. The van der Waals surface area contributed by atoms with Gasteiger partial charge in [-0.25, -0.2) is 0 Å².